The molecule has 2 N–H and O–H groups in total. The second-order valence-corrected chi connectivity index (χ2v) is 11.1. The van der Waals surface area contributed by atoms with Gasteiger partial charge in [0.1, 0.15) is 5.60 Å². The van der Waals surface area contributed by atoms with Crippen molar-refractivity contribution in [2.24, 2.45) is 5.84 Å². The van der Waals surface area contributed by atoms with Gasteiger partial charge in [0.05, 0.1) is 8.07 Å². The second-order valence-electron chi connectivity index (χ2n) is 5.67. The van der Waals surface area contributed by atoms with Gasteiger partial charge < -0.3 is 4.74 Å². The first-order valence-electron chi connectivity index (χ1n) is 4.76. The molecule has 84 valence electrons. The molecule has 4 nitrogen and oxygen atoms in total. The summed E-state index contributed by atoms with van der Waals surface area (Å²) in [4.78, 5) is 11.4. The van der Waals surface area contributed by atoms with Crippen LogP contribution in [0, 0.1) is 0 Å². The summed E-state index contributed by atoms with van der Waals surface area (Å²) in [5.74, 6) is 5.60. The lowest BCUT2D eigenvalue weighted by Gasteiger charge is -2.27. The Kier molecular flexibility index (Phi) is 4.14. The Labute approximate surface area is 87.4 Å². The highest BCUT2D eigenvalue weighted by Gasteiger charge is 2.24. The topological polar surface area (TPSA) is 55.6 Å². The maximum Gasteiger partial charge on any atom is 0.424 e. The fraction of sp³-hybridized carbons (Fsp3) is 0.889. The Morgan fingerprint density at radius 1 is 1.36 bits per heavy atom. The van der Waals surface area contributed by atoms with E-state index in [9.17, 15) is 4.79 Å². The summed E-state index contributed by atoms with van der Waals surface area (Å²) in [5.41, 5.74) is -0.478. The maximum atomic E-state index is 11.4. The first-order chi connectivity index (χ1) is 6.01. The SMILES string of the molecule is CC(C)(C)OC(=O)N(N)C[Si](C)(C)C. The van der Waals surface area contributed by atoms with Crippen LogP contribution in [0.1, 0.15) is 20.8 Å². The van der Waals surface area contributed by atoms with Gasteiger partial charge in [0.2, 0.25) is 0 Å². The molecule has 14 heavy (non-hydrogen) atoms. The molecule has 0 atom stereocenters. The normalized spacial score (nSPS) is 12.5. The van der Waals surface area contributed by atoms with Gasteiger partial charge in [-0.3, -0.25) is 0 Å². The molecule has 0 aliphatic carbocycles. The first-order valence-corrected chi connectivity index (χ1v) is 8.47. The van der Waals surface area contributed by atoms with Crippen molar-refractivity contribution in [1.29, 1.82) is 0 Å². The van der Waals surface area contributed by atoms with Crippen LogP contribution in [0.5, 0.6) is 0 Å². The van der Waals surface area contributed by atoms with Crippen LogP contribution >= 0.6 is 0 Å². The van der Waals surface area contributed by atoms with Crippen molar-refractivity contribution in [3.8, 4) is 0 Å². The molecule has 0 radical (unpaired) electrons. The van der Waals surface area contributed by atoms with E-state index in [2.05, 4.69) is 19.6 Å². The first kappa shape index (κ1) is 13.4. The van der Waals surface area contributed by atoms with E-state index in [1.165, 1.54) is 5.01 Å². The third kappa shape index (κ3) is 6.91. The number of rotatable bonds is 2. The molecule has 0 saturated heterocycles. The van der Waals surface area contributed by atoms with Crippen LogP contribution in [0.15, 0.2) is 0 Å². The average Bonchev–Trinajstić information content (AvgIpc) is 1.78. The number of nitrogens with two attached hydrogens (primary N) is 1. The van der Waals surface area contributed by atoms with E-state index in [0.717, 1.165) is 0 Å². The number of carbonyl (C=O) groups is 1. The summed E-state index contributed by atoms with van der Waals surface area (Å²) in [5, 5.41) is 1.18. The smallest absolute Gasteiger partial charge is 0.424 e. The van der Waals surface area contributed by atoms with E-state index in [-0.39, 0.29) is 0 Å². The van der Waals surface area contributed by atoms with Gasteiger partial charge in [-0.2, -0.15) is 0 Å². The number of nitrogens with zero attached hydrogens (tertiary/aromatic N) is 1. The Balaban J connectivity index is 4.15. The zero-order valence-electron chi connectivity index (χ0n) is 10.0. The lowest BCUT2D eigenvalue weighted by Crippen LogP contribution is -2.49. The molecule has 0 rings (SSSR count). The molecule has 0 aliphatic heterocycles. The summed E-state index contributed by atoms with van der Waals surface area (Å²) >= 11 is 0. The molecule has 0 fully saturated rings. The third-order valence-electron chi connectivity index (χ3n) is 1.27. The Morgan fingerprint density at radius 3 is 2.07 bits per heavy atom. The van der Waals surface area contributed by atoms with Crippen LogP contribution in [0.3, 0.4) is 0 Å². The lowest BCUT2D eigenvalue weighted by atomic mass is 10.2. The van der Waals surface area contributed by atoms with Gasteiger partial charge in [-0.1, -0.05) is 19.6 Å². The summed E-state index contributed by atoms with van der Waals surface area (Å²) in [6.45, 7) is 11.9. The van der Waals surface area contributed by atoms with Gasteiger partial charge >= 0.3 is 6.09 Å². The molecule has 0 aliphatic rings. The van der Waals surface area contributed by atoms with Crippen LogP contribution in [-0.4, -0.2) is 30.9 Å². The molecule has 0 aromatic carbocycles. The average molecular weight is 218 g/mol. The summed E-state index contributed by atoms with van der Waals surface area (Å²) in [6.07, 6.45) is 0.168. The monoisotopic (exact) mass is 218 g/mol. The van der Waals surface area contributed by atoms with E-state index < -0.39 is 19.8 Å². The highest BCUT2D eigenvalue weighted by atomic mass is 28.3. The van der Waals surface area contributed by atoms with Crippen molar-refractivity contribution in [3.63, 3.8) is 0 Å². The predicted molar refractivity (Wildman–Crippen MR) is 60.5 cm³/mol. The molecule has 0 saturated carbocycles. The molecule has 0 heterocycles. The van der Waals surface area contributed by atoms with Gasteiger partial charge in [0.15, 0.2) is 0 Å². The Hall–Kier alpha value is -0.553. The molecule has 5 heteroatoms. The standard InChI is InChI=1S/C9H22N2O2Si/c1-9(2,3)13-8(12)11(10)7-14(4,5)6/h7,10H2,1-6H3. The Bertz CT molecular complexity index is 206. The molecular formula is C9H22N2O2Si. The lowest BCUT2D eigenvalue weighted by molar-refractivity contribution is 0.0278. The minimum Gasteiger partial charge on any atom is -0.443 e. The number of amides is 1. The van der Waals surface area contributed by atoms with Crippen molar-refractivity contribution in [2.45, 2.75) is 46.0 Å². The number of ether oxygens (including phenoxy) is 1. The largest absolute Gasteiger partial charge is 0.443 e. The zero-order chi connectivity index (χ0) is 11.6. The number of hydrogen-bond donors (Lipinski definition) is 1. The highest BCUT2D eigenvalue weighted by Crippen LogP contribution is 2.10. The second kappa shape index (κ2) is 4.31. The predicted octanol–water partition coefficient (Wildman–Crippen LogP) is 1.97. The third-order valence-corrected chi connectivity index (χ3v) is 2.56. The van der Waals surface area contributed by atoms with Crippen LogP contribution in [0.4, 0.5) is 4.79 Å². The van der Waals surface area contributed by atoms with E-state index in [1.807, 2.05) is 20.8 Å². The summed E-state index contributed by atoms with van der Waals surface area (Å²) < 4.78 is 5.13. The van der Waals surface area contributed by atoms with Crippen LogP contribution in [-0.2, 0) is 4.74 Å². The maximum absolute atomic E-state index is 11.4. The molecule has 0 aromatic rings. The van der Waals surface area contributed by atoms with E-state index in [0.29, 0.717) is 6.17 Å². The van der Waals surface area contributed by atoms with Gasteiger partial charge in [0.25, 0.3) is 0 Å². The molecule has 0 unspecified atom stereocenters. The molecule has 1 amide bonds. The van der Waals surface area contributed by atoms with Crippen molar-refractivity contribution in [1.82, 2.24) is 5.01 Å². The molecule has 0 bridgehead atoms. The zero-order valence-corrected chi connectivity index (χ0v) is 11.0. The fourth-order valence-corrected chi connectivity index (χ4v) is 2.05. The summed E-state index contributed by atoms with van der Waals surface area (Å²) in [7, 11) is -1.36. The number of hydrazine groups is 1. The quantitative estimate of drug-likeness (QED) is 0.334. The number of hydrogen-bond acceptors (Lipinski definition) is 3. The van der Waals surface area contributed by atoms with Crippen molar-refractivity contribution in [3.05, 3.63) is 0 Å². The molecular weight excluding hydrogens is 196 g/mol. The fourth-order valence-electron chi connectivity index (χ4n) is 0.896. The van der Waals surface area contributed by atoms with Crippen molar-refractivity contribution in [2.75, 3.05) is 6.17 Å². The van der Waals surface area contributed by atoms with Gasteiger partial charge in [0, 0.05) is 6.17 Å². The number of carbonyl (C=O) groups excluding carboxylic acids is 1. The van der Waals surface area contributed by atoms with Gasteiger partial charge in [-0.25, -0.2) is 15.6 Å². The van der Waals surface area contributed by atoms with E-state index >= 15 is 0 Å². The van der Waals surface area contributed by atoms with E-state index in [4.69, 9.17) is 10.6 Å². The van der Waals surface area contributed by atoms with Gasteiger partial charge in [-0.05, 0) is 20.8 Å². The van der Waals surface area contributed by atoms with Crippen LogP contribution in [0.2, 0.25) is 19.6 Å². The van der Waals surface area contributed by atoms with Crippen LogP contribution < -0.4 is 5.84 Å². The van der Waals surface area contributed by atoms with E-state index in [1.54, 1.807) is 0 Å². The Morgan fingerprint density at radius 2 is 1.79 bits per heavy atom. The minimum absolute atomic E-state index is 0.445. The summed E-state index contributed by atoms with van der Waals surface area (Å²) in [6, 6.07) is 0. The van der Waals surface area contributed by atoms with Crippen LogP contribution in [0.25, 0.3) is 0 Å². The van der Waals surface area contributed by atoms with Crippen molar-refractivity contribution >= 4 is 14.2 Å². The molecule has 0 spiro atoms. The minimum atomic E-state index is -1.36. The van der Waals surface area contributed by atoms with Gasteiger partial charge in [-0.15, -0.1) is 0 Å². The highest BCUT2D eigenvalue weighted by molar-refractivity contribution is 6.76. The van der Waals surface area contributed by atoms with Crippen molar-refractivity contribution < 1.29 is 9.53 Å². The molecule has 0 aromatic heterocycles.